The van der Waals surface area contributed by atoms with Gasteiger partial charge in [-0.25, -0.2) is 4.98 Å². The van der Waals surface area contributed by atoms with Gasteiger partial charge in [0.25, 0.3) is 0 Å². The van der Waals surface area contributed by atoms with Gasteiger partial charge in [0.05, 0.1) is 16.8 Å². The zero-order valence-electron chi connectivity index (χ0n) is 12.9. The second kappa shape index (κ2) is 7.69. The van der Waals surface area contributed by atoms with Gasteiger partial charge in [-0.05, 0) is 18.9 Å². The first-order chi connectivity index (χ1) is 10.1. The Balaban J connectivity index is 1.81. The summed E-state index contributed by atoms with van der Waals surface area (Å²) < 4.78 is 0. The van der Waals surface area contributed by atoms with Crippen molar-refractivity contribution in [2.24, 2.45) is 0 Å². The van der Waals surface area contributed by atoms with Crippen molar-refractivity contribution < 1.29 is 5.11 Å². The number of aliphatic hydroxyl groups excluding tert-OH is 1. The fourth-order valence-corrected chi connectivity index (χ4v) is 2.94. The van der Waals surface area contributed by atoms with Gasteiger partial charge in [0.15, 0.2) is 0 Å². The molecule has 0 fully saturated rings. The average Bonchev–Trinajstić information content (AvgIpc) is 2.95. The zero-order chi connectivity index (χ0) is 15.2. The van der Waals surface area contributed by atoms with Gasteiger partial charge in [0, 0.05) is 23.9 Å². The van der Waals surface area contributed by atoms with E-state index in [9.17, 15) is 5.11 Å². The summed E-state index contributed by atoms with van der Waals surface area (Å²) >= 11 is 1.71. The Bertz CT molecular complexity index is 539. The number of hydrogen-bond acceptors (Lipinski definition) is 4. The van der Waals surface area contributed by atoms with Crippen LogP contribution in [0.2, 0.25) is 0 Å². The highest BCUT2D eigenvalue weighted by molar-refractivity contribution is 7.09. The van der Waals surface area contributed by atoms with Gasteiger partial charge < -0.3 is 10.4 Å². The lowest BCUT2D eigenvalue weighted by molar-refractivity contribution is 0.134. The van der Waals surface area contributed by atoms with E-state index in [2.05, 4.69) is 29.5 Å². The quantitative estimate of drug-likeness (QED) is 0.824. The number of thiazole rings is 1. The van der Waals surface area contributed by atoms with Gasteiger partial charge in [-0.15, -0.1) is 11.3 Å². The Labute approximate surface area is 131 Å². The predicted molar refractivity (Wildman–Crippen MR) is 88.7 cm³/mol. The minimum atomic E-state index is -0.393. The summed E-state index contributed by atoms with van der Waals surface area (Å²) in [5.41, 5.74) is 2.22. The van der Waals surface area contributed by atoms with Gasteiger partial charge in [0.1, 0.15) is 0 Å². The van der Waals surface area contributed by atoms with Crippen molar-refractivity contribution in [3.8, 4) is 0 Å². The third-order valence-electron chi connectivity index (χ3n) is 3.53. The first-order valence-corrected chi connectivity index (χ1v) is 8.34. The molecule has 0 aliphatic carbocycles. The maximum atomic E-state index is 10.3. The fourth-order valence-electron chi connectivity index (χ4n) is 2.10. The summed E-state index contributed by atoms with van der Waals surface area (Å²) in [7, 11) is 0. The number of nitrogens with one attached hydrogen (secondary N) is 1. The molecule has 0 radical (unpaired) electrons. The number of nitrogens with zero attached hydrogens (tertiary/aromatic N) is 1. The van der Waals surface area contributed by atoms with Gasteiger partial charge in [-0.2, -0.15) is 0 Å². The lowest BCUT2D eigenvalue weighted by Gasteiger charge is -2.20. The largest absolute Gasteiger partial charge is 0.391 e. The number of aromatic nitrogens is 1. The molecule has 0 aliphatic heterocycles. The molecule has 4 heteroatoms. The molecule has 1 aromatic heterocycles. The van der Waals surface area contributed by atoms with E-state index in [0.29, 0.717) is 18.9 Å². The van der Waals surface area contributed by atoms with Gasteiger partial charge in [-0.1, -0.05) is 44.2 Å². The van der Waals surface area contributed by atoms with Crippen LogP contribution in [0.25, 0.3) is 0 Å². The van der Waals surface area contributed by atoms with Crippen LogP contribution in [-0.2, 0) is 13.0 Å². The van der Waals surface area contributed by atoms with E-state index >= 15 is 0 Å². The highest BCUT2D eigenvalue weighted by atomic mass is 32.1. The second-order valence-electron chi connectivity index (χ2n) is 5.76. The van der Waals surface area contributed by atoms with E-state index in [1.54, 1.807) is 11.3 Å². The predicted octanol–water partition coefficient (Wildman–Crippen LogP) is 3.35. The lowest BCUT2D eigenvalue weighted by Crippen LogP contribution is -2.38. The van der Waals surface area contributed by atoms with Crippen molar-refractivity contribution in [3.63, 3.8) is 0 Å². The van der Waals surface area contributed by atoms with Crippen LogP contribution in [0.5, 0.6) is 0 Å². The van der Waals surface area contributed by atoms with E-state index < -0.39 is 6.10 Å². The number of hydrogen-bond donors (Lipinski definition) is 2. The summed E-state index contributed by atoms with van der Waals surface area (Å²) in [4.78, 5) is 4.60. The Kier molecular flexibility index (Phi) is 5.91. The van der Waals surface area contributed by atoms with Crippen LogP contribution in [0, 0.1) is 0 Å². The van der Waals surface area contributed by atoms with E-state index in [0.717, 1.165) is 11.3 Å². The van der Waals surface area contributed by atoms with Crippen LogP contribution in [0.1, 0.15) is 43.0 Å². The molecule has 0 aliphatic rings. The van der Waals surface area contributed by atoms with Crippen molar-refractivity contribution in [2.45, 2.75) is 51.8 Å². The van der Waals surface area contributed by atoms with E-state index in [1.165, 1.54) is 5.01 Å². The molecule has 114 valence electrons. The molecule has 2 rings (SSSR count). The molecule has 0 saturated heterocycles. The Hall–Kier alpha value is -1.23. The van der Waals surface area contributed by atoms with Crippen LogP contribution in [0.15, 0.2) is 35.7 Å². The average molecular weight is 304 g/mol. The van der Waals surface area contributed by atoms with Crippen molar-refractivity contribution in [3.05, 3.63) is 52.0 Å². The van der Waals surface area contributed by atoms with Crippen LogP contribution >= 0.6 is 11.3 Å². The summed E-state index contributed by atoms with van der Waals surface area (Å²) in [6, 6.07) is 10.1. The normalized spacial score (nSPS) is 14.3. The lowest BCUT2D eigenvalue weighted by atomic mass is 10.0. The minimum Gasteiger partial charge on any atom is -0.391 e. The number of benzene rings is 1. The molecule has 0 spiro atoms. The van der Waals surface area contributed by atoms with Crippen molar-refractivity contribution in [1.29, 1.82) is 0 Å². The molecule has 0 amide bonds. The fraction of sp³-hybridized carbons (Fsp3) is 0.471. The smallest absolute Gasteiger partial charge is 0.0954 e. The van der Waals surface area contributed by atoms with E-state index in [4.69, 9.17) is 0 Å². The Morgan fingerprint density at radius 1 is 1.19 bits per heavy atom. The molecule has 1 heterocycles. The zero-order valence-corrected chi connectivity index (χ0v) is 13.7. The summed E-state index contributed by atoms with van der Waals surface area (Å²) in [6.45, 7) is 7.03. The van der Waals surface area contributed by atoms with Crippen molar-refractivity contribution in [1.82, 2.24) is 10.3 Å². The van der Waals surface area contributed by atoms with E-state index in [1.807, 2.05) is 37.3 Å². The van der Waals surface area contributed by atoms with E-state index in [-0.39, 0.29) is 6.04 Å². The third kappa shape index (κ3) is 4.92. The molecule has 0 saturated carbocycles. The molecule has 1 aromatic carbocycles. The molecule has 21 heavy (non-hydrogen) atoms. The molecule has 2 unspecified atom stereocenters. The Morgan fingerprint density at radius 2 is 1.90 bits per heavy atom. The summed E-state index contributed by atoms with van der Waals surface area (Å²) in [5.74, 6) is 0.477. The number of rotatable bonds is 7. The first kappa shape index (κ1) is 16.1. The van der Waals surface area contributed by atoms with Crippen LogP contribution in [-0.4, -0.2) is 22.2 Å². The maximum absolute atomic E-state index is 10.3. The summed E-state index contributed by atoms with van der Waals surface area (Å²) in [6.07, 6.45) is 0.277. The molecule has 2 atom stereocenters. The monoisotopic (exact) mass is 304 g/mol. The first-order valence-electron chi connectivity index (χ1n) is 7.46. The highest BCUT2D eigenvalue weighted by Crippen LogP contribution is 2.19. The van der Waals surface area contributed by atoms with Gasteiger partial charge in [-0.3, -0.25) is 0 Å². The molecule has 2 N–H and O–H groups in total. The van der Waals surface area contributed by atoms with Crippen molar-refractivity contribution in [2.75, 3.05) is 0 Å². The van der Waals surface area contributed by atoms with Crippen LogP contribution in [0.4, 0.5) is 0 Å². The number of aliphatic hydroxyl groups is 1. The van der Waals surface area contributed by atoms with Gasteiger partial charge in [0.2, 0.25) is 0 Å². The minimum absolute atomic E-state index is 0.0365. The Morgan fingerprint density at radius 3 is 2.52 bits per heavy atom. The second-order valence-corrected chi connectivity index (χ2v) is 6.65. The molecular formula is C17H24N2OS. The molecule has 0 bridgehead atoms. The molecule has 3 nitrogen and oxygen atoms in total. The highest BCUT2D eigenvalue weighted by Gasteiger charge is 2.15. The molecular weight excluding hydrogens is 280 g/mol. The van der Waals surface area contributed by atoms with Crippen LogP contribution in [0.3, 0.4) is 0 Å². The maximum Gasteiger partial charge on any atom is 0.0954 e. The topological polar surface area (TPSA) is 45.2 Å². The third-order valence-corrected chi connectivity index (χ3v) is 4.73. The van der Waals surface area contributed by atoms with Crippen molar-refractivity contribution >= 4 is 11.3 Å². The van der Waals surface area contributed by atoms with Crippen LogP contribution < -0.4 is 5.32 Å². The van der Waals surface area contributed by atoms with Gasteiger partial charge >= 0.3 is 0 Å². The SMILES string of the molecule is CC(C)c1nc(CNC(C)C(O)Cc2ccccc2)cs1. The summed E-state index contributed by atoms with van der Waals surface area (Å²) in [5, 5.41) is 16.9. The molecule has 2 aromatic rings. The standard InChI is InChI=1S/C17H24N2OS/c1-12(2)17-19-15(11-21-17)10-18-13(3)16(20)9-14-7-5-4-6-8-14/h4-8,11-13,16,18,20H,9-10H2,1-3H3.